The molecule has 1 fully saturated rings. The first-order chi connectivity index (χ1) is 12.8. The molecule has 1 saturated heterocycles. The summed E-state index contributed by atoms with van der Waals surface area (Å²) in [6.45, 7) is 4.26. The molecule has 2 heterocycles. The van der Waals surface area contributed by atoms with Crippen molar-refractivity contribution in [3.05, 3.63) is 57.8 Å². The molecule has 1 aliphatic carbocycles. The van der Waals surface area contributed by atoms with Crippen LogP contribution in [-0.4, -0.2) is 44.1 Å². The Morgan fingerprint density at radius 2 is 2.00 bits per heavy atom. The lowest BCUT2D eigenvalue weighted by atomic mass is 9.78. The predicted molar refractivity (Wildman–Crippen MR) is 126 cm³/mol. The molecule has 0 saturated carbocycles. The number of guanidine groups is 1. The highest BCUT2D eigenvalue weighted by Crippen LogP contribution is 2.34. The molecule has 1 aliphatic heterocycles. The van der Waals surface area contributed by atoms with E-state index < -0.39 is 0 Å². The highest BCUT2D eigenvalue weighted by atomic mass is 127. The van der Waals surface area contributed by atoms with Crippen molar-refractivity contribution in [3.63, 3.8) is 0 Å². The second-order valence-corrected chi connectivity index (χ2v) is 8.19. The summed E-state index contributed by atoms with van der Waals surface area (Å²) in [5.74, 6) is 1.52. The van der Waals surface area contributed by atoms with E-state index in [-0.39, 0.29) is 24.0 Å². The third-order valence-corrected chi connectivity index (χ3v) is 6.59. The van der Waals surface area contributed by atoms with Crippen LogP contribution >= 0.6 is 35.3 Å². The number of benzene rings is 1. The zero-order valence-electron chi connectivity index (χ0n) is 15.9. The molecule has 146 valence electrons. The first kappa shape index (κ1) is 20.6. The topological polar surface area (TPSA) is 39.7 Å². The van der Waals surface area contributed by atoms with E-state index in [2.05, 4.69) is 62.3 Å². The van der Waals surface area contributed by atoms with Crippen molar-refractivity contribution in [2.24, 2.45) is 4.99 Å². The summed E-state index contributed by atoms with van der Waals surface area (Å²) in [6.07, 6.45) is 3.80. The van der Waals surface area contributed by atoms with Gasteiger partial charge in [-0.05, 0) is 54.9 Å². The van der Waals surface area contributed by atoms with Crippen molar-refractivity contribution >= 4 is 41.3 Å². The summed E-state index contributed by atoms with van der Waals surface area (Å²) < 4.78 is 0. The highest BCUT2D eigenvalue weighted by molar-refractivity contribution is 14.0. The van der Waals surface area contributed by atoms with E-state index in [0.717, 1.165) is 19.0 Å². The third-order valence-electron chi connectivity index (χ3n) is 5.62. The summed E-state index contributed by atoms with van der Waals surface area (Å²) >= 11 is 1.86. The number of nitrogens with one attached hydrogen (secondary N) is 2. The van der Waals surface area contributed by atoms with Gasteiger partial charge in [-0.3, -0.25) is 9.89 Å². The molecule has 0 spiro atoms. The average molecular weight is 496 g/mol. The van der Waals surface area contributed by atoms with E-state index in [4.69, 9.17) is 0 Å². The van der Waals surface area contributed by atoms with Gasteiger partial charge in [0.2, 0.25) is 0 Å². The number of thiophene rings is 1. The third kappa shape index (κ3) is 4.84. The van der Waals surface area contributed by atoms with Gasteiger partial charge in [0.05, 0.1) is 6.04 Å². The molecular weight excluding hydrogens is 467 g/mol. The summed E-state index contributed by atoms with van der Waals surface area (Å²) in [6, 6.07) is 13.6. The van der Waals surface area contributed by atoms with Crippen LogP contribution in [0.3, 0.4) is 0 Å². The van der Waals surface area contributed by atoms with Crippen molar-refractivity contribution < 1.29 is 0 Å². The van der Waals surface area contributed by atoms with Gasteiger partial charge in [0.1, 0.15) is 0 Å². The summed E-state index contributed by atoms with van der Waals surface area (Å²) in [4.78, 5) is 8.49. The highest BCUT2D eigenvalue weighted by Gasteiger charge is 2.26. The monoisotopic (exact) mass is 496 g/mol. The maximum Gasteiger partial charge on any atom is 0.191 e. The first-order valence-electron chi connectivity index (χ1n) is 9.65. The van der Waals surface area contributed by atoms with Gasteiger partial charge in [0.15, 0.2) is 5.96 Å². The fraction of sp³-hybridized carbons (Fsp3) is 0.476. The molecule has 27 heavy (non-hydrogen) atoms. The molecule has 2 atom stereocenters. The van der Waals surface area contributed by atoms with Crippen molar-refractivity contribution in [1.29, 1.82) is 0 Å². The van der Waals surface area contributed by atoms with Crippen LogP contribution in [0.4, 0.5) is 0 Å². The molecule has 0 radical (unpaired) electrons. The lowest BCUT2D eigenvalue weighted by Gasteiger charge is -2.31. The molecule has 0 bridgehead atoms. The minimum atomic E-state index is 0. The molecule has 2 aromatic rings. The Bertz CT molecular complexity index is 740. The number of likely N-dealkylation sites (tertiary alicyclic amines) is 1. The second kappa shape index (κ2) is 9.89. The van der Waals surface area contributed by atoms with E-state index in [1.54, 1.807) is 0 Å². The van der Waals surface area contributed by atoms with Crippen LogP contribution in [0, 0.1) is 0 Å². The fourth-order valence-corrected chi connectivity index (χ4v) is 4.98. The van der Waals surface area contributed by atoms with Gasteiger partial charge >= 0.3 is 0 Å². The summed E-state index contributed by atoms with van der Waals surface area (Å²) in [5, 5.41) is 9.27. The van der Waals surface area contributed by atoms with E-state index in [1.165, 1.54) is 48.4 Å². The molecule has 1 aromatic heterocycles. The summed E-state index contributed by atoms with van der Waals surface area (Å²) in [7, 11) is 1.86. The molecule has 1 aromatic carbocycles. The lowest BCUT2D eigenvalue weighted by Crippen LogP contribution is -2.44. The van der Waals surface area contributed by atoms with Crippen molar-refractivity contribution in [1.82, 2.24) is 15.5 Å². The number of hydrogen-bond acceptors (Lipinski definition) is 3. The molecule has 4 rings (SSSR count). The first-order valence-corrected chi connectivity index (χ1v) is 10.5. The molecule has 2 aliphatic rings. The number of halogens is 1. The minimum absolute atomic E-state index is 0. The van der Waals surface area contributed by atoms with Crippen LogP contribution in [0.15, 0.2) is 46.8 Å². The Morgan fingerprint density at radius 1 is 1.19 bits per heavy atom. The number of fused-ring (bicyclic) bond motifs is 1. The van der Waals surface area contributed by atoms with E-state index in [9.17, 15) is 0 Å². The van der Waals surface area contributed by atoms with E-state index in [0.29, 0.717) is 12.0 Å². The smallest absolute Gasteiger partial charge is 0.191 e. The van der Waals surface area contributed by atoms with Crippen LogP contribution in [-0.2, 0) is 6.42 Å². The zero-order valence-corrected chi connectivity index (χ0v) is 19.0. The van der Waals surface area contributed by atoms with Gasteiger partial charge < -0.3 is 10.6 Å². The van der Waals surface area contributed by atoms with Crippen LogP contribution in [0.2, 0.25) is 0 Å². The molecule has 2 unspecified atom stereocenters. The maximum absolute atomic E-state index is 4.43. The maximum atomic E-state index is 4.43. The van der Waals surface area contributed by atoms with Gasteiger partial charge in [0.25, 0.3) is 0 Å². The molecule has 4 nitrogen and oxygen atoms in total. The summed E-state index contributed by atoms with van der Waals surface area (Å²) in [5.41, 5.74) is 2.98. The largest absolute Gasteiger partial charge is 0.356 e. The SMILES string of the molecule is CN=C(NCC1Cc2ccccc21)NCC(c1cccs1)N1CCCC1.I. The van der Waals surface area contributed by atoms with Crippen LogP contribution in [0.25, 0.3) is 0 Å². The Hall–Kier alpha value is -1.12. The van der Waals surface area contributed by atoms with E-state index in [1.807, 2.05) is 18.4 Å². The Kier molecular flexibility index (Phi) is 7.55. The predicted octanol–water partition coefficient (Wildman–Crippen LogP) is 4.01. The Labute approximate surface area is 183 Å². The molecular formula is C21H29IN4S. The Morgan fingerprint density at radius 3 is 2.70 bits per heavy atom. The zero-order chi connectivity index (χ0) is 17.8. The number of rotatable bonds is 6. The van der Waals surface area contributed by atoms with Gasteiger partial charge in [-0.1, -0.05) is 30.3 Å². The van der Waals surface area contributed by atoms with Gasteiger partial charge in [-0.25, -0.2) is 0 Å². The Balaban J connectivity index is 0.00000210. The number of hydrogen-bond donors (Lipinski definition) is 2. The van der Waals surface area contributed by atoms with Crippen LogP contribution in [0.5, 0.6) is 0 Å². The average Bonchev–Trinajstić information content (AvgIpc) is 3.35. The molecule has 0 amide bonds. The van der Waals surface area contributed by atoms with Crippen molar-refractivity contribution in [2.45, 2.75) is 31.2 Å². The fourth-order valence-electron chi connectivity index (χ4n) is 4.12. The number of aliphatic imine (C=N–C) groups is 1. The lowest BCUT2D eigenvalue weighted by molar-refractivity contribution is 0.249. The van der Waals surface area contributed by atoms with Gasteiger partial charge in [0, 0.05) is 30.9 Å². The molecule has 2 N–H and O–H groups in total. The normalized spacial score (nSPS) is 20.3. The van der Waals surface area contributed by atoms with Crippen molar-refractivity contribution in [2.75, 3.05) is 33.2 Å². The minimum Gasteiger partial charge on any atom is -0.356 e. The number of nitrogens with zero attached hydrogens (tertiary/aromatic N) is 2. The van der Waals surface area contributed by atoms with Crippen LogP contribution in [0.1, 0.15) is 40.8 Å². The van der Waals surface area contributed by atoms with Gasteiger partial charge in [-0.15, -0.1) is 35.3 Å². The van der Waals surface area contributed by atoms with Crippen LogP contribution < -0.4 is 10.6 Å². The molecule has 6 heteroatoms. The van der Waals surface area contributed by atoms with Crippen molar-refractivity contribution in [3.8, 4) is 0 Å². The van der Waals surface area contributed by atoms with E-state index >= 15 is 0 Å². The van der Waals surface area contributed by atoms with Gasteiger partial charge in [-0.2, -0.15) is 0 Å². The second-order valence-electron chi connectivity index (χ2n) is 7.21. The quantitative estimate of drug-likeness (QED) is 0.361. The standard InChI is InChI=1S/C21H28N4S.HI/c1-22-21(23-14-17-13-16-7-2-3-8-18(16)17)24-15-19(20-9-6-12-26-20)25-10-4-5-11-25;/h2-3,6-9,12,17,19H,4-5,10-11,13-15H2,1H3,(H2,22,23,24);1H.